The monoisotopic (exact) mass is 238 g/mol. The van der Waals surface area contributed by atoms with Crippen LogP contribution in [0, 0.1) is 23.7 Å². The summed E-state index contributed by atoms with van der Waals surface area (Å²) in [5.41, 5.74) is 0. The molecule has 0 aromatic heterocycles. The summed E-state index contributed by atoms with van der Waals surface area (Å²) in [5.74, 6) is 1.16. The zero-order valence-electron chi connectivity index (χ0n) is 10.5. The third kappa shape index (κ3) is 1.88. The van der Waals surface area contributed by atoms with Crippen molar-refractivity contribution < 1.29 is 14.6 Å². The van der Waals surface area contributed by atoms with Crippen LogP contribution in [0.5, 0.6) is 0 Å². The van der Waals surface area contributed by atoms with Gasteiger partial charge in [0, 0.05) is 5.92 Å². The van der Waals surface area contributed by atoms with Crippen molar-refractivity contribution in [2.24, 2.45) is 23.7 Å². The second-order valence-corrected chi connectivity index (χ2v) is 6.25. The predicted molar refractivity (Wildman–Crippen MR) is 63.2 cm³/mol. The Morgan fingerprint density at radius 1 is 1.24 bits per heavy atom. The normalized spacial score (nSPS) is 50.1. The first-order valence-electron chi connectivity index (χ1n) is 7.05. The van der Waals surface area contributed by atoms with Gasteiger partial charge in [0.1, 0.15) is 6.10 Å². The summed E-state index contributed by atoms with van der Waals surface area (Å²) >= 11 is 0. The molecule has 0 radical (unpaired) electrons. The largest absolute Gasteiger partial charge is 0.462 e. The molecule has 3 heteroatoms. The molecule has 3 fully saturated rings. The van der Waals surface area contributed by atoms with Crippen LogP contribution in [0.1, 0.15) is 45.4 Å². The number of hydrogen-bond acceptors (Lipinski definition) is 3. The van der Waals surface area contributed by atoms with Crippen molar-refractivity contribution in [2.75, 3.05) is 0 Å². The molecular weight excluding hydrogens is 216 g/mol. The fraction of sp³-hybridized carbons (Fsp3) is 0.929. The molecular formula is C14H22O3. The minimum atomic E-state index is -0.262. The summed E-state index contributed by atoms with van der Waals surface area (Å²) < 4.78 is 5.60. The summed E-state index contributed by atoms with van der Waals surface area (Å²) in [6.07, 6.45) is 5.96. The molecule has 1 saturated heterocycles. The Balaban J connectivity index is 1.85. The van der Waals surface area contributed by atoms with Gasteiger partial charge in [-0.15, -0.1) is 0 Å². The van der Waals surface area contributed by atoms with E-state index >= 15 is 0 Å². The van der Waals surface area contributed by atoms with E-state index < -0.39 is 0 Å². The lowest BCUT2D eigenvalue weighted by Crippen LogP contribution is -2.54. The van der Waals surface area contributed by atoms with Crippen LogP contribution in [0.15, 0.2) is 0 Å². The zero-order valence-corrected chi connectivity index (χ0v) is 10.5. The molecule has 1 heterocycles. The van der Waals surface area contributed by atoms with Gasteiger partial charge in [-0.2, -0.15) is 0 Å². The van der Waals surface area contributed by atoms with E-state index in [1.807, 2.05) is 0 Å². The van der Waals surface area contributed by atoms with E-state index in [1.165, 1.54) is 6.42 Å². The van der Waals surface area contributed by atoms with Crippen LogP contribution in [-0.2, 0) is 9.53 Å². The SMILES string of the molecule is CC1CC(O)C2C(C1)OC(=O)C1CCCCC12. The van der Waals surface area contributed by atoms with E-state index in [4.69, 9.17) is 4.74 Å². The number of rotatable bonds is 0. The van der Waals surface area contributed by atoms with Gasteiger partial charge in [0.2, 0.25) is 0 Å². The Hall–Kier alpha value is -0.570. The van der Waals surface area contributed by atoms with Gasteiger partial charge in [0.15, 0.2) is 0 Å². The average Bonchev–Trinajstić information content (AvgIpc) is 2.28. The first kappa shape index (κ1) is 11.5. The van der Waals surface area contributed by atoms with E-state index in [0.717, 1.165) is 32.1 Å². The lowest BCUT2D eigenvalue weighted by molar-refractivity contribution is -0.192. The van der Waals surface area contributed by atoms with E-state index in [1.54, 1.807) is 0 Å². The molecule has 2 aliphatic carbocycles. The van der Waals surface area contributed by atoms with Gasteiger partial charge < -0.3 is 9.84 Å². The van der Waals surface area contributed by atoms with Crippen LogP contribution < -0.4 is 0 Å². The van der Waals surface area contributed by atoms with Crippen LogP contribution in [0.4, 0.5) is 0 Å². The molecule has 96 valence electrons. The molecule has 0 aromatic carbocycles. The number of fused-ring (bicyclic) bond motifs is 3. The molecule has 1 aliphatic heterocycles. The van der Waals surface area contributed by atoms with E-state index in [9.17, 15) is 9.90 Å². The molecule has 3 nitrogen and oxygen atoms in total. The summed E-state index contributed by atoms with van der Waals surface area (Å²) in [6, 6.07) is 0. The molecule has 6 unspecified atom stereocenters. The summed E-state index contributed by atoms with van der Waals surface area (Å²) in [7, 11) is 0. The molecule has 17 heavy (non-hydrogen) atoms. The Morgan fingerprint density at radius 2 is 2.00 bits per heavy atom. The first-order valence-corrected chi connectivity index (χ1v) is 7.05. The molecule has 2 saturated carbocycles. The summed E-state index contributed by atoms with van der Waals surface area (Å²) in [4.78, 5) is 12.0. The molecule has 0 amide bonds. The third-order valence-corrected chi connectivity index (χ3v) is 5.04. The van der Waals surface area contributed by atoms with E-state index in [0.29, 0.717) is 11.8 Å². The van der Waals surface area contributed by atoms with Crippen LogP contribution in [0.3, 0.4) is 0 Å². The fourth-order valence-corrected chi connectivity index (χ4v) is 4.30. The Bertz CT molecular complexity index is 315. The molecule has 1 N–H and O–H groups in total. The molecule has 0 spiro atoms. The van der Waals surface area contributed by atoms with Crippen molar-refractivity contribution in [3.63, 3.8) is 0 Å². The van der Waals surface area contributed by atoms with Crippen LogP contribution in [0.2, 0.25) is 0 Å². The number of hydrogen-bond donors (Lipinski definition) is 1. The standard InChI is InChI=1S/C14H22O3/c1-8-6-11(15)13-9-4-2-3-5-10(9)14(16)17-12(13)7-8/h8-13,15H,2-7H2,1H3. The number of esters is 1. The topological polar surface area (TPSA) is 46.5 Å². The van der Waals surface area contributed by atoms with Crippen molar-refractivity contribution in [3.05, 3.63) is 0 Å². The van der Waals surface area contributed by atoms with Crippen molar-refractivity contribution in [1.29, 1.82) is 0 Å². The molecule has 3 aliphatic rings. The number of ether oxygens (including phenoxy) is 1. The zero-order chi connectivity index (χ0) is 12.0. The maximum Gasteiger partial charge on any atom is 0.309 e. The van der Waals surface area contributed by atoms with Gasteiger partial charge in [-0.3, -0.25) is 4.79 Å². The maximum atomic E-state index is 12.0. The van der Waals surface area contributed by atoms with E-state index in [-0.39, 0.29) is 30.0 Å². The minimum absolute atomic E-state index is 0.0113. The first-order chi connectivity index (χ1) is 8.16. The highest BCUT2D eigenvalue weighted by Gasteiger charge is 2.51. The predicted octanol–water partition coefficient (Wildman–Crippen LogP) is 2.13. The Labute approximate surface area is 103 Å². The van der Waals surface area contributed by atoms with Crippen molar-refractivity contribution >= 4 is 5.97 Å². The molecule has 6 atom stereocenters. The highest BCUT2D eigenvalue weighted by Crippen LogP contribution is 2.47. The average molecular weight is 238 g/mol. The van der Waals surface area contributed by atoms with Gasteiger partial charge >= 0.3 is 5.97 Å². The second kappa shape index (κ2) is 4.27. The number of carbonyl (C=O) groups excluding carboxylic acids is 1. The minimum Gasteiger partial charge on any atom is -0.462 e. The highest BCUT2D eigenvalue weighted by molar-refractivity contribution is 5.74. The summed E-state index contributed by atoms with van der Waals surface area (Å²) in [6.45, 7) is 2.14. The number of carbonyl (C=O) groups is 1. The third-order valence-electron chi connectivity index (χ3n) is 5.04. The van der Waals surface area contributed by atoms with Gasteiger partial charge in [0.05, 0.1) is 12.0 Å². The molecule has 3 rings (SSSR count). The lowest BCUT2D eigenvalue weighted by atomic mass is 9.63. The van der Waals surface area contributed by atoms with E-state index in [2.05, 4.69) is 6.92 Å². The van der Waals surface area contributed by atoms with Crippen molar-refractivity contribution in [2.45, 2.75) is 57.7 Å². The van der Waals surface area contributed by atoms with Gasteiger partial charge in [-0.1, -0.05) is 19.8 Å². The Kier molecular flexibility index (Phi) is 2.89. The van der Waals surface area contributed by atoms with Crippen LogP contribution >= 0.6 is 0 Å². The fourth-order valence-electron chi connectivity index (χ4n) is 4.30. The van der Waals surface area contributed by atoms with Gasteiger partial charge in [-0.05, 0) is 37.5 Å². The maximum absolute atomic E-state index is 12.0. The van der Waals surface area contributed by atoms with Gasteiger partial charge in [0.25, 0.3) is 0 Å². The quantitative estimate of drug-likeness (QED) is 0.658. The van der Waals surface area contributed by atoms with Crippen LogP contribution in [-0.4, -0.2) is 23.3 Å². The highest BCUT2D eigenvalue weighted by atomic mass is 16.5. The van der Waals surface area contributed by atoms with Crippen molar-refractivity contribution in [3.8, 4) is 0 Å². The molecule has 0 bridgehead atoms. The smallest absolute Gasteiger partial charge is 0.309 e. The van der Waals surface area contributed by atoms with Gasteiger partial charge in [-0.25, -0.2) is 0 Å². The lowest BCUT2D eigenvalue weighted by Gasteiger charge is -2.49. The van der Waals surface area contributed by atoms with Crippen LogP contribution in [0.25, 0.3) is 0 Å². The van der Waals surface area contributed by atoms with Crippen molar-refractivity contribution in [1.82, 2.24) is 0 Å². The Morgan fingerprint density at radius 3 is 2.82 bits per heavy atom. The number of aliphatic hydroxyl groups excluding tert-OH is 1. The molecule has 0 aromatic rings. The summed E-state index contributed by atoms with van der Waals surface area (Å²) in [5, 5.41) is 10.3. The second-order valence-electron chi connectivity index (χ2n) is 6.25. The number of aliphatic hydroxyl groups is 1.